The molecule has 1 N–H and O–H groups in total. The Morgan fingerprint density at radius 2 is 1.79 bits per heavy atom. The number of carbonyl (C=O) groups excluding carboxylic acids is 2. The number of nitrogens with one attached hydrogen (secondary N) is 1. The predicted octanol–water partition coefficient (Wildman–Crippen LogP) is 4.10. The molecule has 9 heteroatoms. The van der Waals surface area contributed by atoms with Crippen LogP contribution in [0.5, 0.6) is 0 Å². The summed E-state index contributed by atoms with van der Waals surface area (Å²) < 4.78 is 28.2. The van der Waals surface area contributed by atoms with Gasteiger partial charge in [-0.2, -0.15) is 0 Å². The maximum atomic E-state index is 13.5. The second kappa shape index (κ2) is 12.4. The summed E-state index contributed by atoms with van der Waals surface area (Å²) >= 11 is 6.28. The first-order chi connectivity index (χ1) is 15.8. The number of halogens is 1. The summed E-state index contributed by atoms with van der Waals surface area (Å²) in [6, 6.07) is 12.7. The lowest BCUT2D eigenvalue weighted by atomic mass is 10.2. The van der Waals surface area contributed by atoms with Crippen LogP contribution in [0.4, 0.5) is 5.69 Å². The minimum absolute atomic E-state index is 0.000672. The van der Waals surface area contributed by atoms with Crippen molar-refractivity contribution in [2.75, 3.05) is 30.5 Å². The van der Waals surface area contributed by atoms with Crippen LogP contribution in [0.15, 0.2) is 66.1 Å². The SMILES string of the molecule is C=CCN(c1ccccc1)S(=O)(=O)c1cc(C(=O)N(CCC)CC(=O)NCCC)ccc1Cl. The number of amides is 2. The van der Waals surface area contributed by atoms with E-state index in [1.165, 1.54) is 33.5 Å². The smallest absolute Gasteiger partial charge is 0.266 e. The Kier molecular flexibility index (Phi) is 9.94. The van der Waals surface area contributed by atoms with Crippen molar-refractivity contribution in [3.8, 4) is 0 Å². The van der Waals surface area contributed by atoms with Crippen molar-refractivity contribution in [2.24, 2.45) is 0 Å². The van der Waals surface area contributed by atoms with Crippen LogP contribution in [0, 0.1) is 0 Å². The standard InChI is InChI=1S/C24H30ClN3O4S/c1-4-14-26-23(29)18-27(15-5-2)24(30)19-12-13-21(25)22(17-19)33(31,32)28(16-6-3)20-10-8-7-9-11-20/h6-13,17H,3-5,14-16,18H2,1-2H3,(H,26,29). The molecular weight excluding hydrogens is 462 g/mol. The summed E-state index contributed by atoms with van der Waals surface area (Å²) in [5.74, 6) is -0.701. The van der Waals surface area contributed by atoms with E-state index in [1.54, 1.807) is 30.3 Å². The lowest BCUT2D eigenvalue weighted by Crippen LogP contribution is -2.41. The summed E-state index contributed by atoms with van der Waals surface area (Å²) in [5, 5.41) is 2.75. The van der Waals surface area contributed by atoms with Gasteiger partial charge in [0.05, 0.1) is 23.8 Å². The van der Waals surface area contributed by atoms with Gasteiger partial charge in [0.15, 0.2) is 0 Å². The van der Waals surface area contributed by atoms with E-state index in [-0.39, 0.29) is 34.5 Å². The third-order valence-electron chi connectivity index (χ3n) is 4.77. The fourth-order valence-electron chi connectivity index (χ4n) is 3.21. The van der Waals surface area contributed by atoms with Gasteiger partial charge in [-0.25, -0.2) is 8.42 Å². The first kappa shape index (κ1) is 26.4. The molecule has 0 unspecified atom stereocenters. The molecule has 0 aliphatic heterocycles. The van der Waals surface area contributed by atoms with E-state index in [2.05, 4.69) is 11.9 Å². The molecule has 0 saturated heterocycles. The van der Waals surface area contributed by atoms with E-state index in [4.69, 9.17) is 11.6 Å². The first-order valence-corrected chi connectivity index (χ1v) is 12.6. The Morgan fingerprint density at radius 1 is 1.09 bits per heavy atom. The molecule has 2 aromatic carbocycles. The number of para-hydroxylation sites is 1. The third kappa shape index (κ3) is 6.82. The van der Waals surface area contributed by atoms with Crippen molar-refractivity contribution in [1.29, 1.82) is 0 Å². The van der Waals surface area contributed by atoms with Crippen molar-refractivity contribution in [3.63, 3.8) is 0 Å². The zero-order valence-corrected chi connectivity index (χ0v) is 20.5. The predicted molar refractivity (Wildman–Crippen MR) is 132 cm³/mol. The highest BCUT2D eigenvalue weighted by molar-refractivity contribution is 7.93. The van der Waals surface area contributed by atoms with Crippen LogP contribution in [-0.4, -0.2) is 51.3 Å². The van der Waals surface area contributed by atoms with Gasteiger partial charge in [0.2, 0.25) is 5.91 Å². The lowest BCUT2D eigenvalue weighted by molar-refractivity contribution is -0.121. The normalized spacial score (nSPS) is 11.0. The van der Waals surface area contributed by atoms with Gasteiger partial charge in [0, 0.05) is 18.7 Å². The number of rotatable bonds is 12. The number of hydrogen-bond donors (Lipinski definition) is 1. The average molecular weight is 492 g/mol. The fourth-order valence-corrected chi connectivity index (χ4v) is 5.14. The maximum absolute atomic E-state index is 13.5. The highest BCUT2D eigenvalue weighted by Crippen LogP contribution is 2.29. The Labute approximate surface area is 201 Å². The van der Waals surface area contributed by atoms with E-state index in [0.717, 1.165) is 6.42 Å². The fraction of sp³-hybridized carbons (Fsp3) is 0.333. The molecule has 0 aromatic heterocycles. The van der Waals surface area contributed by atoms with Gasteiger partial charge in [-0.1, -0.05) is 49.7 Å². The van der Waals surface area contributed by atoms with Crippen LogP contribution >= 0.6 is 11.6 Å². The number of benzene rings is 2. The molecule has 0 radical (unpaired) electrons. The molecule has 0 heterocycles. The van der Waals surface area contributed by atoms with Crippen molar-refractivity contribution < 1.29 is 18.0 Å². The Bertz CT molecular complexity index is 1070. The average Bonchev–Trinajstić information content (AvgIpc) is 2.81. The monoisotopic (exact) mass is 491 g/mol. The van der Waals surface area contributed by atoms with Gasteiger partial charge in [-0.3, -0.25) is 13.9 Å². The highest BCUT2D eigenvalue weighted by atomic mass is 35.5. The van der Waals surface area contributed by atoms with Crippen LogP contribution in [-0.2, 0) is 14.8 Å². The maximum Gasteiger partial charge on any atom is 0.266 e. The Morgan fingerprint density at radius 3 is 2.39 bits per heavy atom. The van der Waals surface area contributed by atoms with E-state index < -0.39 is 15.9 Å². The number of nitrogens with zero attached hydrogens (tertiary/aromatic N) is 2. The van der Waals surface area contributed by atoms with Crippen molar-refractivity contribution in [2.45, 2.75) is 31.6 Å². The van der Waals surface area contributed by atoms with Gasteiger partial charge >= 0.3 is 0 Å². The van der Waals surface area contributed by atoms with E-state index in [1.807, 2.05) is 13.8 Å². The molecule has 0 aliphatic carbocycles. The quantitative estimate of drug-likeness (QED) is 0.453. The van der Waals surface area contributed by atoms with E-state index in [9.17, 15) is 18.0 Å². The molecule has 0 atom stereocenters. The first-order valence-electron chi connectivity index (χ1n) is 10.8. The number of anilines is 1. The van der Waals surface area contributed by atoms with Crippen LogP contribution in [0.2, 0.25) is 5.02 Å². The third-order valence-corrected chi connectivity index (χ3v) is 7.05. The molecule has 2 aromatic rings. The van der Waals surface area contributed by atoms with Crippen LogP contribution in [0.3, 0.4) is 0 Å². The van der Waals surface area contributed by atoms with Gasteiger partial charge in [-0.15, -0.1) is 6.58 Å². The Balaban J connectivity index is 2.43. The minimum Gasteiger partial charge on any atom is -0.355 e. The van der Waals surface area contributed by atoms with Crippen molar-refractivity contribution in [1.82, 2.24) is 10.2 Å². The second-order valence-corrected chi connectivity index (χ2v) is 9.62. The Hall–Kier alpha value is -2.84. The van der Waals surface area contributed by atoms with Crippen LogP contribution in [0.25, 0.3) is 0 Å². The van der Waals surface area contributed by atoms with E-state index >= 15 is 0 Å². The lowest BCUT2D eigenvalue weighted by Gasteiger charge is -2.25. The topological polar surface area (TPSA) is 86.8 Å². The molecule has 2 amide bonds. The van der Waals surface area contributed by atoms with Crippen LogP contribution < -0.4 is 9.62 Å². The summed E-state index contributed by atoms with van der Waals surface area (Å²) in [7, 11) is -4.10. The summed E-state index contributed by atoms with van der Waals surface area (Å²) in [6.07, 6.45) is 2.91. The molecule has 0 aliphatic rings. The summed E-state index contributed by atoms with van der Waals surface area (Å²) in [4.78, 5) is 26.6. The number of sulfonamides is 1. The zero-order chi connectivity index (χ0) is 24.4. The zero-order valence-electron chi connectivity index (χ0n) is 19.0. The summed E-state index contributed by atoms with van der Waals surface area (Å²) in [5.41, 5.74) is 0.590. The van der Waals surface area contributed by atoms with Crippen LogP contribution in [0.1, 0.15) is 37.0 Å². The molecule has 2 rings (SSSR count). The van der Waals surface area contributed by atoms with Gasteiger partial charge in [0.1, 0.15) is 4.90 Å². The molecule has 0 bridgehead atoms. The molecule has 33 heavy (non-hydrogen) atoms. The molecule has 7 nitrogen and oxygen atoms in total. The van der Waals surface area contributed by atoms with Gasteiger partial charge in [0.25, 0.3) is 15.9 Å². The number of hydrogen-bond acceptors (Lipinski definition) is 4. The largest absolute Gasteiger partial charge is 0.355 e. The van der Waals surface area contributed by atoms with Gasteiger partial charge < -0.3 is 10.2 Å². The van der Waals surface area contributed by atoms with Crippen molar-refractivity contribution >= 4 is 39.1 Å². The number of carbonyl (C=O) groups is 2. The molecular formula is C24H30ClN3O4S. The highest BCUT2D eigenvalue weighted by Gasteiger charge is 2.28. The molecule has 178 valence electrons. The molecule has 0 saturated carbocycles. The second-order valence-electron chi connectivity index (χ2n) is 7.38. The molecule has 0 fully saturated rings. The van der Waals surface area contributed by atoms with Crippen molar-refractivity contribution in [3.05, 3.63) is 71.8 Å². The summed E-state index contributed by atoms with van der Waals surface area (Å²) in [6.45, 7) is 8.30. The molecule has 0 spiro atoms. The van der Waals surface area contributed by atoms with E-state index in [0.29, 0.717) is 25.2 Å². The minimum atomic E-state index is -4.10. The van der Waals surface area contributed by atoms with Gasteiger partial charge in [-0.05, 0) is 43.2 Å².